The first kappa shape index (κ1) is 19.9. The fraction of sp³-hybridized carbons (Fsp3) is 0.190. The maximum Gasteiger partial charge on any atom is 0.221 e. The highest BCUT2D eigenvalue weighted by Gasteiger charge is 2.14. The standard InChI is InChI=1S/C21H19IN4O2/c1-13-20(12-28-19-8-5-17(6-9-19)24-15(3)27)14(2)26(25-13)18-7-4-16(11-23)21(22)10-18/h4-10H,12H2,1-3H3,(H,24,27). The fourth-order valence-electron chi connectivity index (χ4n) is 2.85. The monoisotopic (exact) mass is 486 g/mol. The van der Waals surface area contributed by atoms with E-state index in [0.29, 0.717) is 17.9 Å². The molecule has 0 radical (unpaired) electrons. The van der Waals surface area contributed by atoms with Gasteiger partial charge in [-0.05, 0) is 78.9 Å². The SMILES string of the molecule is CC(=O)Nc1ccc(OCc2c(C)nn(-c3ccc(C#N)c(I)c3)c2C)cc1. The van der Waals surface area contributed by atoms with Gasteiger partial charge in [-0.25, -0.2) is 4.68 Å². The number of benzene rings is 2. The van der Waals surface area contributed by atoms with Crippen molar-refractivity contribution in [3.05, 3.63) is 68.5 Å². The molecule has 1 N–H and O–H groups in total. The van der Waals surface area contributed by atoms with E-state index in [4.69, 9.17) is 10.00 Å². The van der Waals surface area contributed by atoms with Crippen LogP contribution in [-0.4, -0.2) is 15.7 Å². The molecule has 0 aliphatic heterocycles. The highest BCUT2D eigenvalue weighted by Crippen LogP contribution is 2.23. The first-order chi connectivity index (χ1) is 13.4. The third-order valence-corrected chi connectivity index (χ3v) is 5.21. The van der Waals surface area contributed by atoms with Crippen molar-refractivity contribution in [2.45, 2.75) is 27.4 Å². The number of amides is 1. The van der Waals surface area contributed by atoms with Crippen LogP contribution in [0.2, 0.25) is 0 Å². The number of carbonyl (C=O) groups is 1. The van der Waals surface area contributed by atoms with E-state index in [1.807, 2.05) is 42.8 Å². The van der Waals surface area contributed by atoms with Gasteiger partial charge >= 0.3 is 0 Å². The van der Waals surface area contributed by atoms with Crippen LogP contribution in [0, 0.1) is 28.7 Å². The number of rotatable bonds is 5. The van der Waals surface area contributed by atoms with Gasteiger partial charge in [-0.15, -0.1) is 0 Å². The van der Waals surface area contributed by atoms with Crippen LogP contribution in [0.4, 0.5) is 5.69 Å². The molecule has 3 rings (SSSR count). The van der Waals surface area contributed by atoms with E-state index in [-0.39, 0.29) is 5.91 Å². The topological polar surface area (TPSA) is 79.9 Å². The molecule has 0 saturated carbocycles. The van der Waals surface area contributed by atoms with Crippen molar-refractivity contribution < 1.29 is 9.53 Å². The van der Waals surface area contributed by atoms with Gasteiger partial charge in [-0.2, -0.15) is 10.4 Å². The molecule has 142 valence electrons. The Labute approximate surface area is 177 Å². The number of aryl methyl sites for hydroxylation is 1. The molecular weight excluding hydrogens is 467 g/mol. The van der Waals surface area contributed by atoms with Crippen LogP contribution in [0.1, 0.15) is 29.4 Å². The summed E-state index contributed by atoms with van der Waals surface area (Å²) in [6, 6.07) is 15.1. The molecular formula is C21H19IN4O2. The molecule has 1 heterocycles. The van der Waals surface area contributed by atoms with Crippen molar-refractivity contribution in [3.8, 4) is 17.5 Å². The lowest BCUT2D eigenvalue weighted by atomic mass is 10.2. The van der Waals surface area contributed by atoms with Crippen molar-refractivity contribution in [1.29, 1.82) is 5.26 Å². The zero-order chi connectivity index (χ0) is 20.3. The van der Waals surface area contributed by atoms with Gasteiger partial charge in [0, 0.05) is 27.4 Å². The molecule has 0 spiro atoms. The molecule has 7 heteroatoms. The third kappa shape index (κ3) is 4.34. The van der Waals surface area contributed by atoms with Crippen LogP contribution >= 0.6 is 22.6 Å². The molecule has 6 nitrogen and oxygen atoms in total. The largest absolute Gasteiger partial charge is 0.489 e. The van der Waals surface area contributed by atoms with E-state index in [2.05, 4.69) is 39.1 Å². The summed E-state index contributed by atoms with van der Waals surface area (Å²) in [5.74, 6) is 0.610. The van der Waals surface area contributed by atoms with E-state index in [0.717, 1.165) is 31.9 Å². The summed E-state index contributed by atoms with van der Waals surface area (Å²) >= 11 is 2.16. The van der Waals surface area contributed by atoms with Crippen molar-refractivity contribution in [3.63, 3.8) is 0 Å². The average Bonchev–Trinajstić information content (AvgIpc) is 2.94. The zero-order valence-corrected chi connectivity index (χ0v) is 17.9. The Morgan fingerprint density at radius 1 is 1.25 bits per heavy atom. The predicted octanol–water partition coefficient (Wildman–Crippen LogP) is 4.50. The minimum atomic E-state index is -0.107. The quantitative estimate of drug-likeness (QED) is 0.539. The predicted molar refractivity (Wildman–Crippen MR) is 116 cm³/mol. The van der Waals surface area contributed by atoms with Gasteiger partial charge in [-0.1, -0.05) is 0 Å². The number of nitrogens with one attached hydrogen (secondary N) is 1. The summed E-state index contributed by atoms with van der Waals surface area (Å²) in [6.45, 7) is 5.83. The number of aromatic nitrogens is 2. The van der Waals surface area contributed by atoms with Gasteiger partial charge in [0.15, 0.2) is 0 Å². The fourth-order valence-corrected chi connectivity index (χ4v) is 3.47. The molecule has 28 heavy (non-hydrogen) atoms. The van der Waals surface area contributed by atoms with Crippen LogP contribution < -0.4 is 10.1 Å². The second-order valence-corrected chi connectivity index (χ2v) is 7.49. The van der Waals surface area contributed by atoms with Gasteiger partial charge in [-0.3, -0.25) is 4.79 Å². The normalized spacial score (nSPS) is 10.4. The number of hydrogen-bond acceptors (Lipinski definition) is 4. The van der Waals surface area contributed by atoms with Crippen molar-refractivity contribution >= 4 is 34.2 Å². The molecule has 0 aliphatic rings. The molecule has 1 aromatic heterocycles. The number of halogens is 1. The van der Waals surface area contributed by atoms with E-state index < -0.39 is 0 Å². The molecule has 3 aromatic rings. The molecule has 0 saturated heterocycles. The molecule has 0 fully saturated rings. The van der Waals surface area contributed by atoms with Gasteiger partial charge in [0.2, 0.25) is 5.91 Å². The number of nitrogens with zero attached hydrogens (tertiary/aromatic N) is 3. The Hall–Kier alpha value is -2.86. The summed E-state index contributed by atoms with van der Waals surface area (Å²) in [6.07, 6.45) is 0. The van der Waals surface area contributed by atoms with Gasteiger partial charge in [0.05, 0.1) is 16.9 Å². The number of ether oxygens (including phenoxy) is 1. The van der Waals surface area contributed by atoms with Crippen LogP contribution in [0.3, 0.4) is 0 Å². The van der Waals surface area contributed by atoms with E-state index in [1.54, 1.807) is 18.2 Å². The molecule has 1 amide bonds. The number of hydrogen-bond donors (Lipinski definition) is 1. The van der Waals surface area contributed by atoms with Crippen LogP contribution in [0.15, 0.2) is 42.5 Å². The second-order valence-electron chi connectivity index (χ2n) is 6.33. The zero-order valence-electron chi connectivity index (χ0n) is 15.8. The summed E-state index contributed by atoms with van der Waals surface area (Å²) in [5.41, 5.74) is 5.20. The van der Waals surface area contributed by atoms with E-state index in [9.17, 15) is 4.79 Å². The summed E-state index contributed by atoms with van der Waals surface area (Å²) in [5, 5.41) is 16.5. The molecule has 0 bridgehead atoms. The number of nitriles is 1. The number of anilines is 1. The van der Waals surface area contributed by atoms with Crippen LogP contribution in [0.25, 0.3) is 5.69 Å². The Morgan fingerprint density at radius 3 is 2.57 bits per heavy atom. The number of carbonyl (C=O) groups excluding carboxylic acids is 1. The van der Waals surface area contributed by atoms with Gasteiger partial charge in [0.25, 0.3) is 0 Å². The van der Waals surface area contributed by atoms with Gasteiger partial charge in [0.1, 0.15) is 18.4 Å². The Morgan fingerprint density at radius 2 is 1.96 bits per heavy atom. The maximum atomic E-state index is 11.1. The third-order valence-electron chi connectivity index (χ3n) is 4.32. The second kappa shape index (κ2) is 8.44. The highest BCUT2D eigenvalue weighted by molar-refractivity contribution is 14.1. The van der Waals surface area contributed by atoms with Crippen molar-refractivity contribution in [2.75, 3.05) is 5.32 Å². The lowest BCUT2D eigenvalue weighted by Gasteiger charge is -2.09. The van der Waals surface area contributed by atoms with Crippen molar-refractivity contribution in [1.82, 2.24) is 9.78 Å². The minimum absolute atomic E-state index is 0.107. The minimum Gasteiger partial charge on any atom is -0.489 e. The van der Waals surface area contributed by atoms with Crippen molar-refractivity contribution in [2.24, 2.45) is 0 Å². The Bertz CT molecular complexity index is 1070. The van der Waals surface area contributed by atoms with Crippen LogP contribution in [-0.2, 0) is 11.4 Å². The first-order valence-corrected chi connectivity index (χ1v) is 9.72. The summed E-state index contributed by atoms with van der Waals surface area (Å²) in [4.78, 5) is 11.1. The Kier molecular flexibility index (Phi) is 5.99. The summed E-state index contributed by atoms with van der Waals surface area (Å²) in [7, 11) is 0. The molecule has 0 atom stereocenters. The average molecular weight is 486 g/mol. The smallest absolute Gasteiger partial charge is 0.221 e. The highest BCUT2D eigenvalue weighted by atomic mass is 127. The van der Waals surface area contributed by atoms with E-state index in [1.165, 1.54) is 6.92 Å². The first-order valence-electron chi connectivity index (χ1n) is 8.64. The lowest BCUT2D eigenvalue weighted by Crippen LogP contribution is -2.05. The molecule has 0 unspecified atom stereocenters. The van der Waals surface area contributed by atoms with Crippen LogP contribution in [0.5, 0.6) is 5.75 Å². The molecule has 2 aromatic carbocycles. The maximum absolute atomic E-state index is 11.1. The molecule has 0 aliphatic carbocycles. The summed E-state index contributed by atoms with van der Waals surface area (Å²) < 4.78 is 8.68. The van der Waals surface area contributed by atoms with Gasteiger partial charge < -0.3 is 10.1 Å². The van der Waals surface area contributed by atoms with E-state index >= 15 is 0 Å². The Balaban J connectivity index is 1.78. The lowest BCUT2D eigenvalue weighted by molar-refractivity contribution is -0.114.